The van der Waals surface area contributed by atoms with E-state index in [0.29, 0.717) is 0 Å². The first-order chi connectivity index (χ1) is 13.2. The topological polar surface area (TPSA) is 0 Å². The molecule has 0 N–H and O–H groups in total. The zero-order valence-corrected chi connectivity index (χ0v) is 22.0. The summed E-state index contributed by atoms with van der Waals surface area (Å²) in [6, 6.07) is 22.4. The van der Waals surface area contributed by atoms with Gasteiger partial charge in [-0.25, -0.2) is 0 Å². The van der Waals surface area contributed by atoms with Crippen molar-refractivity contribution in [3.8, 4) is 39.0 Å². The molecule has 0 saturated carbocycles. The van der Waals surface area contributed by atoms with Crippen molar-refractivity contribution in [1.82, 2.24) is 0 Å². The summed E-state index contributed by atoms with van der Waals surface area (Å²) in [5.41, 5.74) is 0. The van der Waals surface area contributed by atoms with E-state index >= 15 is 0 Å². The third-order valence-corrected chi connectivity index (χ3v) is 11.8. The summed E-state index contributed by atoms with van der Waals surface area (Å²) < 4.78 is 2.68. The van der Waals surface area contributed by atoms with Gasteiger partial charge in [0.05, 0.1) is 5.77 Å². The summed E-state index contributed by atoms with van der Waals surface area (Å²) in [4.78, 5) is 10.9. The maximum absolute atomic E-state index is 2.39. The highest BCUT2D eigenvalue weighted by molar-refractivity contribution is 14.1. The third-order valence-electron chi connectivity index (χ3n) is 3.94. The van der Waals surface area contributed by atoms with Crippen molar-refractivity contribution in [2.45, 2.75) is 0 Å². The quantitative estimate of drug-likeness (QED) is 0.168. The van der Waals surface area contributed by atoms with E-state index in [4.69, 9.17) is 0 Å². The average Bonchev–Trinajstić information content (AvgIpc) is 3.44. The number of hydrogen-bond donors (Lipinski definition) is 0. The fourth-order valence-electron chi connectivity index (χ4n) is 2.70. The maximum atomic E-state index is 2.39. The van der Waals surface area contributed by atoms with Crippen LogP contribution in [0.25, 0.3) is 39.0 Å². The average molecular weight is 664 g/mol. The van der Waals surface area contributed by atoms with Gasteiger partial charge < -0.3 is 0 Å². The van der Waals surface area contributed by atoms with E-state index in [9.17, 15) is 0 Å². The van der Waals surface area contributed by atoms with Crippen LogP contribution in [0, 0.1) is 5.77 Å². The molecule has 0 aliphatic heterocycles. The Morgan fingerprint density at radius 2 is 0.556 bits per heavy atom. The molecule has 0 spiro atoms. The van der Waals surface area contributed by atoms with E-state index in [1.165, 1.54) is 44.8 Å². The van der Waals surface area contributed by atoms with E-state index < -0.39 is 0 Å². The second kappa shape index (κ2) is 8.00. The van der Waals surface area contributed by atoms with Crippen LogP contribution in [0.2, 0.25) is 0 Å². The summed E-state index contributed by atoms with van der Waals surface area (Å²) in [6.45, 7) is 0. The highest BCUT2D eigenvalue weighted by Gasteiger charge is 2.12. The van der Waals surface area contributed by atoms with Gasteiger partial charge in [0.15, 0.2) is 0 Å². The molecule has 134 valence electrons. The van der Waals surface area contributed by atoms with Crippen LogP contribution < -0.4 is 0 Å². The Labute approximate surface area is 204 Å². The number of thiophene rings is 5. The summed E-state index contributed by atoms with van der Waals surface area (Å²) in [7, 11) is 0. The minimum atomic E-state index is 1.34. The van der Waals surface area contributed by atoms with E-state index in [1.807, 2.05) is 56.7 Å². The van der Waals surface area contributed by atoms with E-state index in [2.05, 4.69) is 106 Å². The van der Waals surface area contributed by atoms with Gasteiger partial charge in [-0.05, 0) is 106 Å². The smallest absolute Gasteiger partial charge is 0.0660 e. The second-order valence-corrected chi connectivity index (χ2v) is 14.9. The largest absolute Gasteiger partial charge is 0.134 e. The van der Waals surface area contributed by atoms with Gasteiger partial charge in [0, 0.05) is 39.0 Å². The van der Waals surface area contributed by atoms with E-state index in [1.54, 1.807) is 0 Å². The second-order valence-electron chi connectivity index (χ2n) is 5.70. The van der Waals surface area contributed by atoms with Crippen molar-refractivity contribution in [2.75, 3.05) is 0 Å². The Morgan fingerprint density at radius 1 is 0.333 bits per heavy atom. The molecular weight excluding hydrogens is 654 g/mol. The van der Waals surface area contributed by atoms with Crippen molar-refractivity contribution < 1.29 is 0 Å². The summed E-state index contributed by atoms with van der Waals surface area (Å²) in [5.74, 6) is 0. The first-order valence-corrected chi connectivity index (χ1v) is 14.2. The molecule has 0 unspecified atom stereocenters. The van der Waals surface area contributed by atoms with Crippen molar-refractivity contribution in [2.24, 2.45) is 0 Å². The molecule has 0 aliphatic carbocycles. The molecule has 0 amide bonds. The molecule has 0 fully saturated rings. The molecule has 5 aromatic rings. The standard InChI is InChI=1S/C20H10I2S5/c21-19-9-7-17(26-19)15-5-3-13(24-15)11-1-2-12(23-11)14-4-6-16(25-14)18-8-10-20(22)27-18/h1-10H. The predicted octanol–water partition coefficient (Wildman–Crippen LogP) is 9.87. The van der Waals surface area contributed by atoms with E-state index in [-0.39, 0.29) is 0 Å². The SMILES string of the molecule is Ic1ccc(-c2ccc(-c3ccc(-c4ccc(-c5ccc(I)s5)s4)s3)s2)s1. The Kier molecular flexibility index (Phi) is 5.62. The van der Waals surface area contributed by atoms with Crippen molar-refractivity contribution in [1.29, 1.82) is 0 Å². The van der Waals surface area contributed by atoms with Gasteiger partial charge in [-0.1, -0.05) is 0 Å². The molecule has 27 heavy (non-hydrogen) atoms. The van der Waals surface area contributed by atoms with Gasteiger partial charge in [-0.2, -0.15) is 0 Å². The summed E-state index contributed by atoms with van der Waals surface area (Å²) in [5, 5.41) is 0. The molecule has 7 heteroatoms. The van der Waals surface area contributed by atoms with Crippen LogP contribution in [0.5, 0.6) is 0 Å². The third kappa shape index (κ3) is 4.01. The van der Waals surface area contributed by atoms with Crippen molar-refractivity contribution >= 4 is 102 Å². The molecule has 0 aliphatic rings. The summed E-state index contributed by atoms with van der Waals surface area (Å²) >= 11 is 14.2. The lowest BCUT2D eigenvalue weighted by atomic mass is 10.3. The molecule has 0 aromatic carbocycles. The zero-order chi connectivity index (χ0) is 18.4. The van der Waals surface area contributed by atoms with Crippen LogP contribution in [0.4, 0.5) is 0 Å². The zero-order valence-electron chi connectivity index (χ0n) is 13.6. The Bertz CT molecular complexity index is 1120. The number of rotatable bonds is 4. The molecule has 0 nitrogen and oxygen atoms in total. The number of halogens is 2. The lowest BCUT2D eigenvalue weighted by molar-refractivity contribution is 1.89. The van der Waals surface area contributed by atoms with Crippen LogP contribution in [-0.4, -0.2) is 0 Å². The van der Waals surface area contributed by atoms with Crippen LogP contribution >= 0.6 is 102 Å². The highest BCUT2D eigenvalue weighted by atomic mass is 127. The predicted molar refractivity (Wildman–Crippen MR) is 143 cm³/mol. The minimum absolute atomic E-state index is 1.34. The van der Waals surface area contributed by atoms with Crippen LogP contribution in [0.15, 0.2) is 60.7 Å². The Hall–Kier alpha value is -0.0400. The normalized spacial score (nSPS) is 11.3. The van der Waals surface area contributed by atoms with E-state index in [0.717, 1.165) is 0 Å². The molecule has 5 heterocycles. The van der Waals surface area contributed by atoms with Gasteiger partial charge in [-0.3, -0.25) is 0 Å². The Balaban J connectivity index is 1.42. The fraction of sp³-hybridized carbons (Fsp3) is 0. The molecule has 0 saturated heterocycles. The fourth-order valence-corrected chi connectivity index (χ4v) is 9.33. The first-order valence-electron chi connectivity index (χ1n) is 7.97. The number of hydrogen-bond acceptors (Lipinski definition) is 5. The Morgan fingerprint density at radius 3 is 0.778 bits per heavy atom. The highest BCUT2D eigenvalue weighted by Crippen LogP contribution is 2.44. The molecule has 0 bridgehead atoms. The van der Waals surface area contributed by atoms with Crippen molar-refractivity contribution in [3.63, 3.8) is 0 Å². The first kappa shape index (κ1) is 19.0. The minimum Gasteiger partial charge on any atom is -0.134 e. The summed E-state index contributed by atoms with van der Waals surface area (Å²) in [6.07, 6.45) is 0. The molecular formula is C20H10I2S5. The lowest BCUT2D eigenvalue weighted by Gasteiger charge is -1.92. The monoisotopic (exact) mass is 664 g/mol. The molecule has 0 atom stereocenters. The van der Waals surface area contributed by atoms with Gasteiger partial charge in [-0.15, -0.1) is 56.7 Å². The maximum Gasteiger partial charge on any atom is 0.0660 e. The van der Waals surface area contributed by atoms with Gasteiger partial charge in [0.1, 0.15) is 0 Å². The van der Waals surface area contributed by atoms with Gasteiger partial charge in [0.25, 0.3) is 0 Å². The van der Waals surface area contributed by atoms with Crippen LogP contribution in [0.1, 0.15) is 0 Å². The molecule has 0 radical (unpaired) electrons. The van der Waals surface area contributed by atoms with Crippen LogP contribution in [0.3, 0.4) is 0 Å². The molecule has 5 rings (SSSR count). The lowest BCUT2D eigenvalue weighted by Crippen LogP contribution is -1.58. The molecule has 5 aromatic heterocycles. The van der Waals surface area contributed by atoms with Gasteiger partial charge in [0.2, 0.25) is 0 Å². The van der Waals surface area contributed by atoms with Crippen molar-refractivity contribution in [3.05, 3.63) is 66.4 Å². The van der Waals surface area contributed by atoms with Gasteiger partial charge >= 0.3 is 0 Å². The van der Waals surface area contributed by atoms with Crippen LogP contribution in [-0.2, 0) is 0 Å².